The number of aryl methyl sites for hydroxylation is 2. The number of hydrogen-bond donors (Lipinski definition) is 1. The van der Waals surface area contributed by atoms with E-state index in [4.69, 9.17) is 16.3 Å². The lowest BCUT2D eigenvalue weighted by Gasteiger charge is -2.19. The van der Waals surface area contributed by atoms with Crippen molar-refractivity contribution in [1.29, 1.82) is 0 Å². The van der Waals surface area contributed by atoms with Gasteiger partial charge in [-0.05, 0) is 13.8 Å². The van der Waals surface area contributed by atoms with Gasteiger partial charge in [-0.15, -0.1) is 5.10 Å². The van der Waals surface area contributed by atoms with Crippen molar-refractivity contribution >= 4 is 17.3 Å². The molecular weight excluding hydrogens is 382 g/mol. The van der Waals surface area contributed by atoms with Gasteiger partial charge in [0.1, 0.15) is 11.1 Å². The van der Waals surface area contributed by atoms with E-state index in [0.29, 0.717) is 24.7 Å². The van der Waals surface area contributed by atoms with Crippen molar-refractivity contribution < 1.29 is 4.74 Å². The topological polar surface area (TPSA) is 102 Å². The Kier molecular flexibility index (Phi) is 4.76. The SMILES string of the molecule is Cc1nn(C)c(C)c1-c1cnnc(O[C@@H]2CCN(c3cn[nH]c(=O)c3Cl)C2)c1. The maximum absolute atomic E-state index is 11.7. The van der Waals surface area contributed by atoms with Crippen molar-refractivity contribution in [3.05, 3.63) is 45.2 Å². The zero-order valence-corrected chi connectivity index (χ0v) is 16.6. The first kappa shape index (κ1) is 18.4. The maximum atomic E-state index is 11.7. The fraction of sp³-hybridized carbons (Fsp3) is 0.389. The Bertz CT molecular complexity index is 1080. The summed E-state index contributed by atoms with van der Waals surface area (Å²) in [6.45, 7) is 5.28. The third-order valence-electron chi connectivity index (χ3n) is 4.98. The highest BCUT2D eigenvalue weighted by Crippen LogP contribution is 2.29. The summed E-state index contributed by atoms with van der Waals surface area (Å²) in [5.74, 6) is 0.460. The summed E-state index contributed by atoms with van der Waals surface area (Å²) < 4.78 is 7.90. The molecule has 0 saturated carbocycles. The summed E-state index contributed by atoms with van der Waals surface area (Å²) in [6.07, 6.45) is 3.96. The van der Waals surface area contributed by atoms with E-state index in [9.17, 15) is 4.79 Å². The minimum Gasteiger partial charge on any atom is -0.471 e. The van der Waals surface area contributed by atoms with Gasteiger partial charge in [0.15, 0.2) is 0 Å². The summed E-state index contributed by atoms with van der Waals surface area (Å²) in [7, 11) is 1.92. The molecule has 0 radical (unpaired) electrons. The fourth-order valence-corrected chi connectivity index (χ4v) is 3.75. The summed E-state index contributed by atoms with van der Waals surface area (Å²) in [4.78, 5) is 13.7. The van der Waals surface area contributed by atoms with Gasteiger partial charge in [0.25, 0.3) is 5.56 Å². The molecule has 0 amide bonds. The number of hydrogen-bond acceptors (Lipinski definition) is 7. The first-order chi connectivity index (χ1) is 13.4. The lowest BCUT2D eigenvalue weighted by Crippen LogP contribution is -2.26. The fourth-order valence-electron chi connectivity index (χ4n) is 3.54. The minimum absolute atomic E-state index is 0.0870. The van der Waals surface area contributed by atoms with E-state index in [1.54, 1.807) is 12.4 Å². The lowest BCUT2D eigenvalue weighted by molar-refractivity contribution is 0.213. The number of rotatable bonds is 4. The van der Waals surface area contributed by atoms with Crippen LogP contribution in [0.5, 0.6) is 5.88 Å². The summed E-state index contributed by atoms with van der Waals surface area (Å²) >= 11 is 6.10. The smallest absolute Gasteiger partial charge is 0.285 e. The Hall–Kier alpha value is -2.94. The molecule has 0 aliphatic carbocycles. The standard InChI is InChI=1S/C18H20ClN7O2/c1-10-16(11(2)25(3)24-10)12-6-15(22-20-7-12)28-13-4-5-26(9-13)14-8-21-23-18(27)17(14)19/h6-8,13H,4-5,9H2,1-3H3,(H,23,27)/t13-/m1/s1. The van der Waals surface area contributed by atoms with Crippen molar-refractivity contribution in [2.24, 2.45) is 7.05 Å². The summed E-state index contributed by atoms with van der Waals surface area (Å²) in [6, 6.07) is 1.88. The van der Waals surface area contributed by atoms with Crippen molar-refractivity contribution in [1.82, 2.24) is 30.2 Å². The minimum atomic E-state index is -0.399. The molecule has 0 aromatic carbocycles. The molecule has 1 saturated heterocycles. The molecule has 1 atom stereocenters. The molecule has 3 aromatic rings. The quantitative estimate of drug-likeness (QED) is 0.712. The van der Waals surface area contributed by atoms with E-state index in [0.717, 1.165) is 28.9 Å². The molecule has 10 heteroatoms. The first-order valence-corrected chi connectivity index (χ1v) is 9.30. The Labute approximate surface area is 166 Å². The van der Waals surface area contributed by atoms with Gasteiger partial charge in [-0.2, -0.15) is 15.3 Å². The van der Waals surface area contributed by atoms with Crippen LogP contribution >= 0.6 is 11.6 Å². The van der Waals surface area contributed by atoms with Crippen LogP contribution in [0.4, 0.5) is 5.69 Å². The van der Waals surface area contributed by atoms with Crippen LogP contribution in [0.2, 0.25) is 5.02 Å². The van der Waals surface area contributed by atoms with Crippen LogP contribution in [0.25, 0.3) is 11.1 Å². The summed E-state index contributed by atoms with van der Waals surface area (Å²) in [5, 5.41) is 19.0. The van der Waals surface area contributed by atoms with E-state index in [1.165, 1.54) is 0 Å². The highest BCUT2D eigenvalue weighted by atomic mass is 35.5. The Morgan fingerprint density at radius 3 is 2.89 bits per heavy atom. The molecule has 1 aliphatic rings. The predicted octanol–water partition coefficient (Wildman–Crippen LogP) is 1.89. The van der Waals surface area contributed by atoms with Crippen LogP contribution in [0, 0.1) is 13.8 Å². The molecule has 1 aliphatic heterocycles. The Morgan fingerprint density at radius 2 is 2.14 bits per heavy atom. The summed E-state index contributed by atoms with van der Waals surface area (Å²) in [5.41, 5.74) is 4.16. The third-order valence-corrected chi connectivity index (χ3v) is 5.35. The zero-order chi connectivity index (χ0) is 19.8. The molecule has 4 heterocycles. The second-order valence-electron chi connectivity index (χ2n) is 6.82. The van der Waals surface area contributed by atoms with Crippen LogP contribution in [0.15, 0.2) is 23.3 Å². The van der Waals surface area contributed by atoms with E-state index < -0.39 is 5.56 Å². The molecule has 3 aromatic heterocycles. The Morgan fingerprint density at radius 1 is 1.32 bits per heavy atom. The van der Waals surface area contributed by atoms with Gasteiger partial charge >= 0.3 is 0 Å². The highest BCUT2D eigenvalue weighted by molar-refractivity contribution is 6.33. The highest BCUT2D eigenvalue weighted by Gasteiger charge is 2.27. The van der Waals surface area contributed by atoms with Gasteiger partial charge < -0.3 is 9.64 Å². The van der Waals surface area contributed by atoms with Crippen molar-refractivity contribution in [2.45, 2.75) is 26.4 Å². The maximum Gasteiger partial charge on any atom is 0.285 e. The molecule has 0 bridgehead atoms. The van der Waals surface area contributed by atoms with Crippen LogP contribution < -0.4 is 15.2 Å². The lowest BCUT2D eigenvalue weighted by atomic mass is 10.1. The molecular formula is C18H20ClN7O2. The van der Waals surface area contributed by atoms with Crippen LogP contribution in [-0.2, 0) is 7.05 Å². The van der Waals surface area contributed by atoms with E-state index >= 15 is 0 Å². The van der Waals surface area contributed by atoms with Crippen LogP contribution in [-0.4, -0.2) is 49.4 Å². The average molecular weight is 402 g/mol. The van der Waals surface area contributed by atoms with E-state index in [-0.39, 0.29) is 11.1 Å². The number of anilines is 1. The Balaban J connectivity index is 1.51. The van der Waals surface area contributed by atoms with Crippen molar-refractivity contribution in [2.75, 3.05) is 18.0 Å². The van der Waals surface area contributed by atoms with Crippen molar-refractivity contribution in [3.63, 3.8) is 0 Å². The van der Waals surface area contributed by atoms with Gasteiger partial charge in [-0.25, -0.2) is 5.10 Å². The number of H-pyrrole nitrogens is 1. The molecule has 9 nitrogen and oxygen atoms in total. The second-order valence-corrected chi connectivity index (χ2v) is 7.20. The number of aromatic nitrogens is 6. The average Bonchev–Trinajstić information content (AvgIpc) is 3.22. The number of aromatic amines is 1. The third kappa shape index (κ3) is 3.33. The van der Waals surface area contributed by atoms with Crippen LogP contribution in [0.3, 0.4) is 0 Å². The molecule has 1 fully saturated rings. The van der Waals surface area contributed by atoms with Gasteiger partial charge in [-0.3, -0.25) is 9.48 Å². The predicted molar refractivity (Wildman–Crippen MR) is 105 cm³/mol. The van der Waals surface area contributed by atoms with Crippen molar-refractivity contribution in [3.8, 4) is 17.0 Å². The van der Waals surface area contributed by atoms with Gasteiger partial charge in [0.2, 0.25) is 5.88 Å². The largest absolute Gasteiger partial charge is 0.471 e. The van der Waals surface area contributed by atoms with Crippen LogP contribution in [0.1, 0.15) is 17.8 Å². The monoisotopic (exact) mass is 401 g/mol. The number of halogens is 1. The molecule has 0 unspecified atom stereocenters. The number of ether oxygens (including phenoxy) is 1. The molecule has 146 valence electrons. The van der Waals surface area contributed by atoms with E-state index in [2.05, 4.69) is 25.5 Å². The van der Waals surface area contributed by atoms with Gasteiger partial charge in [0.05, 0.1) is 30.3 Å². The molecule has 1 N–H and O–H groups in total. The first-order valence-electron chi connectivity index (χ1n) is 8.92. The second kappa shape index (κ2) is 7.23. The van der Waals surface area contributed by atoms with Gasteiger partial charge in [-0.1, -0.05) is 11.6 Å². The van der Waals surface area contributed by atoms with E-state index in [1.807, 2.05) is 36.5 Å². The number of nitrogens with zero attached hydrogens (tertiary/aromatic N) is 6. The van der Waals surface area contributed by atoms with Gasteiger partial charge in [0, 0.05) is 42.9 Å². The molecule has 28 heavy (non-hydrogen) atoms. The molecule has 0 spiro atoms. The molecule has 4 rings (SSSR count). The normalized spacial score (nSPS) is 16.6. The number of nitrogens with one attached hydrogen (secondary N) is 1. The zero-order valence-electron chi connectivity index (χ0n) is 15.8.